The average molecular weight is 235 g/mol. The number of ether oxygens (including phenoxy) is 1. The van der Waals surface area contributed by atoms with E-state index in [1.54, 1.807) is 13.1 Å². The van der Waals surface area contributed by atoms with E-state index < -0.39 is 12.0 Å². The number of carboxylic acid groups (broad SMARTS) is 1. The number of aliphatic carboxylic acids is 1. The van der Waals surface area contributed by atoms with Crippen LogP contribution in [0.1, 0.15) is 31.0 Å². The number of rotatable bonds is 3. The third-order valence-electron chi connectivity index (χ3n) is 2.97. The first-order chi connectivity index (χ1) is 7.94. The van der Waals surface area contributed by atoms with Crippen LogP contribution in [0.4, 0.5) is 0 Å². The molecule has 2 rings (SSSR count). The lowest BCUT2D eigenvalue weighted by Gasteiger charge is -2.20. The van der Waals surface area contributed by atoms with E-state index in [4.69, 9.17) is 9.84 Å². The molecule has 0 fully saturated rings. The molecule has 1 heterocycles. The summed E-state index contributed by atoms with van der Waals surface area (Å²) in [6, 6.07) is 4.95. The fourth-order valence-electron chi connectivity index (χ4n) is 2.28. The molecule has 17 heavy (non-hydrogen) atoms. The van der Waals surface area contributed by atoms with E-state index in [2.05, 4.69) is 5.32 Å². The lowest BCUT2D eigenvalue weighted by molar-refractivity contribution is -0.139. The third kappa shape index (κ3) is 2.13. The molecule has 1 aromatic carbocycles. The van der Waals surface area contributed by atoms with Crippen molar-refractivity contribution in [1.29, 1.82) is 0 Å². The van der Waals surface area contributed by atoms with E-state index in [1.165, 1.54) is 0 Å². The number of carbonyl (C=O) groups is 1. The van der Waals surface area contributed by atoms with Crippen LogP contribution in [0, 0.1) is 0 Å². The van der Waals surface area contributed by atoms with Crippen molar-refractivity contribution in [2.75, 3.05) is 7.05 Å². The first-order valence-electron chi connectivity index (χ1n) is 5.65. The summed E-state index contributed by atoms with van der Waals surface area (Å²) >= 11 is 0. The highest BCUT2D eigenvalue weighted by molar-refractivity contribution is 5.77. The van der Waals surface area contributed by atoms with Crippen molar-refractivity contribution in [2.24, 2.45) is 0 Å². The number of carboxylic acids is 1. The van der Waals surface area contributed by atoms with E-state index in [0.717, 1.165) is 17.7 Å². The molecule has 0 spiro atoms. The zero-order chi connectivity index (χ0) is 12.6. The molecule has 92 valence electrons. The predicted molar refractivity (Wildman–Crippen MR) is 64.3 cm³/mol. The van der Waals surface area contributed by atoms with Gasteiger partial charge >= 0.3 is 5.97 Å². The van der Waals surface area contributed by atoms with Crippen LogP contribution in [0.3, 0.4) is 0 Å². The molecule has 1 unspecified atom stereocenters. The van der Waals surface area contributed by atoms with Crippen molar-refractivity contribution in [3.63, 3.8) is 0 Å². The lowest BCUT2D eigenvalue weighted by atomic mass is 9.98. The zero-order valence-corrected chi connectivity index (χ0v) is 10.3. The number of hydrogen-bond acceptors (Lipinski definition) is 3. The van der Waals surface area contributed by atoms with Gasteiger partial charge in [0.1, 0.15) is 17.4 Å². The molecule has 0 amide bonds. The molecular formula is C13H17NO3. The maximum Gasteiger partial charge on any atom is 0.325 e. The standard InChI is InChI=1S/C13H17NO3/c1-13(2)7-8-5-4-6-9(11(8)17-13)10(14-3)12(15)16/h4-6,10,14H,7H2,1-3H3,(H,15,16). The summed E-state index contributed by atoms with van der Waals surface area (Å²) in [4.78, 5) is 11.2. The highest BCUT2D eigenvalue weighted by atomic mass is 16.5. The molecule has 1 atom stereocenters. The molecule has 0 bridgehead atoms. The number of benzene rings is 1. The second-order valence-corrected chi connectivity index (χ2v) is 4.93. The summed E-state index contributed by atoms with van der Waals surface area (Å²) in [5.41, 5.74) is 1.52. The molecule has 1 aliphatic heterocycles. The molecule has 4 heteroatoms. The van der Waals surface area contributed by atoms with Crippen LogP contribution < -0.4 is 10.1 Å². The van der Waals surface area contributed by atoms with Crippen molar-refractivity contribution in [3.05, 3.63) is 29.3 Å². The van der Waals surface area contributed by atoms with Crippen molar-refractivity contribution < 1.29 is 14.6 Å². The molecule has 0 saturated carbocycles. The molecule has 1 aliphatic rings. The van der Waals surface area contributed by atoms with Gasteiger partial charge in [0.25, 0.3) is 0 Å². The van der Waals surface area contributed by atoms with E-state index in [1.807, 2.05) is 26.0 Å². The van der Waals surface area contributed by atoms with Crippen molar-refractivity contribution in [2.45, 2.75) is 31.9 Å². The normalized spacial score (nSPS) is 18.3. The minimum Gasteiger partial charge on any atom is -0.487 e. The largest absolute Gasteiger partial charge is 0.487 e. The first-order valence-corrected chi connectivity index (χ1v) is 5.65. The predicted octanol–water partition coefficient (Wildman–Crippen LogP) is 1.75. The van der Waals surface area contributed by atoms with Crippen molar-refractivity contribution in [3.8, 4) is 5.75 Å². The van der Waals surface area contributed by atoms with E-state index in [-0.39, 0.29) is 5.60 Å². The molecule has 0 saturated heterocycles. The van der Waals surface area contributed by atoms with Gasteiger partial charge in [-0.2, -0.15) is 0 Å². The van der Waals surface area contributed by atoms with Crippen LogP contribution in [0.2, 0.25) is 0 Å². The van der Waals surface area contributed by atoms with Gasteiger partial charge in [-0.1, -0.05) is 18.2 Å². The molecule has 1 aromatic rings. The summed E-state index contributed by atoms with van der Waals surface area (Å²) in [6.07, 6.45) is 0.812. The molecule has 0 aliphatic carbocycles. The fourth-order valence-corrected chi connectivity index (χ4v) is 2.28. The smallest absolute Gasteiger partial charge is 0.325 e. The van der Waals surface area contributed by atoms with E-state index >= 15 is 0 Å². The molecule has 0 aromatic heterocycles. The SMILES string of the molecule is CNC(C(=O)O)c1cccc2c1OC(C)(C)C2. The Bertz CT molecular complexity index is 454. The Balaban J connectivity index is 2.45. The Morgan fingerprint density at radius 2 is 2.24 bits per heavy atom. The zero-order valence-electron chi connectivity index (χ0n) is 10.3. The maximum absolute atomic E-state index is 11.2. The summed E-state index contributed by atoms with van der Waals surface area (Å²) in [7, 11) is 1.64. The Labute approximate surface area is 101 Å². The summed E-state index contributed by atoms with van der Waals surface area (Å²) < 4.78 is 5.86. The monoisotopic (exact) mass is 235 g/mol. The van der Waals surface area contributed by atoms with Gasteiger partial charge in [-0.05, 0) is 26.5 Å². The molecular weight excluding hydrogens is 218 g/mol. The van der Waals surface area contributed by atoms with Gasteiger partial charge in [0.05, 0.1) is 0 Å². The Morgan fingerprint density at radius 3 is 2.82 bits per heavy atom. The Morgan fingerprint density at radius 1 is 1.53 bits per heavy atom. The summed E-state index contributed by atoms with van der Waals surface area (Å²) in [6.45, 7) is 4.01. The second kappa shape index (κ2) is 4.04. The van der Waals surface area contributed by atoms with Gasteiger partial charge in [-0.25, -0.2) is 0 Å². The van der Waals surface area contributed by atoms with Crippen molar-refractivity contribution >= 4 is 5.97 Å². The quantitative estimate of drug-likeness (QED) is 0.838. The number of para-hydroxylation sites is 1. The van der Waals surface area contributed by atoms with Crippen LogP contribution in [-0.4, -0.2) is 23.7 Å². The van der Waals surface area contributed by atoms with Crippen LogP contribution in [0.5, 0.6) is 5.75 Å². The van der Waals surface area contributed by atoms with E-state index in [0.29, 0.717) is 5.56 Å². The number of likely N-dealkylation sites (N-methyl/N-ethyl adjacent to an activating group) is 1. The van der Waals surface area contributed by atoms with Crippen LogP contribution in [0.25, 0.3) is 0 Å². The van der Waals surface area contributed by atoms with Gasteiger partial charge in [0.2, 0.25) is 0 Å². The molecule has 2 N–H and O–H groups in total. The molecule has 0 radical (unpaired) electrons. The van der Waals surface area contributed by atoms with Crippen LogP contribution in [-0.2, 0) is 11.2 Å². The third-order valence-corrected chi connectivity index (χ3v) is 2.97. The number of fused-ring (bicyclic) bond motifs is 1. The lowest BCUT2D eigenvalue weighted by Crippen LogP contribution is -2.27. The fraction of sp³-hybridized carbons (Fsp3) is 0.462. The van der Waals surface area contributed by atoms with Gasteiger partial charge < -0.3 is 15.2 Å². The highest BCUT2D eigenvalue weighted by Gasteiger charge is 2.34. The molecule has 4 nitrogen and oxygen atoms in total. The van der Waals surface area contributed by atoms with Gasteiger partial charge in [-0.15, -0.1) is 0 Å². The van der Waals surface area contributed by atoms with E-state index in [9.17, 15) is 4.79 Å². The first kappa shape index (κ1) is 11.9. The maximum atomic E-state index is 11.2. The Kier molecular flexibility index (Phi) is 2.83. The number of hydrogen-bond donors (Lipinski definition) is 2. The van der Waals surface area contributed by atoms with Gasteiger partial charge in [0, 0.05) is 12.0 Å². The van der Waals surface area contributed by atoms with Crippen molar-refractivity contribution in [1.82, 2.24) is 5.32 Å². The number of nitrogens with one attached hydrogen (secondary N) is 1. The minimum absolute atomic E-state index is 0.255. The summed E-state index contributed by atoms with van der Waals surface area (Å²) in [5.74, 6) is -0.173. The average Bonchev–Trinajstić information content (AvgIpc) is 2.53. The van der Waals surface area contributed by atoms with Crippen LogP contribution in [0.15, 0.2) is 18.2 Å². The van der Waals surface area contributed by atoms with Crippen LogP contribution >= 0.6 is 0 Å². The Hall–Kier alpha value is -1.55. The van der Waals surface area contributed by atoms with Gasteiger partial charge in [-0.3, -0.25) is 4.79 Å². The summed E-state index contributed by atoms with van der Waals surface area (Å²) in [5, 5.41) is 12.0. The topological polar surface area (TPSA) is 58.6 Å². The highest BCUT2D eigenvalue weighted by Crippen LogP contribution is 2.39. The minimum atomic E-state index is -0.894. The second-order valence-electron chi connectivity index (χ2n) is 4.93. The van der Waals surface area contributed by atoms with Gasteiger partial charge in [0.15, 0.2) is 0 Å².